The van der Waals surface area contributed by atoms with Crippen LogP contribution in [0, 0.1) is 11.8 Å². The van der Waals surface area contributed by atoms with Crippen molar-refractivity contribution in [3.8, 4) is 5.75 Å². The highest BCUT2D eigenvalue weighted by molar-refractivity contribution is 5.84. The van der Waals surface area contributed by atoms with Gasteiger partial charge in [-0.25, -0.2) is 0 Å². The van der Waals surface area contributed by atoms with Crippen LogP contribution in [0.25, 0.3) is 11.0 Å². The summed E-state index contributed by atoms with van der Waals surface area (Å²) >= 11 is 0. The number of pyridine rings is 1. The second kappa shape index (κ2) is 10.5. The third kappa shape index (κ3) is 5.76. The molecule has 2 saturated carbocycles. The molecule has 0 radical (unpaired) electrons. The quantitative estimate of drug-likeness (QED) is 0.340. The van der Waals surface area contributed by atoms with E-state index in [0.717, 1.165) is 84.9 Å². The van der Waals surface area contributed by atoms with Crippen molar-refractivity contribution < 1.29 is 9.26 Å². The zero-order valence-corrected chi connectivity index (χ0v) is 21.9. The fraction of sp³-hybridized carbons (Fsp3) is 0.600. The molecular formula is C30H40N4O2. The Bertz CT molecular complexity index is 1170. The molecule has 3 aromatic rings. The van der Waals surface area contributed by atoms with E-state index in [1.54, 1.807) is 0 Å². The number of aromatic nitrogens is 2. The normalized spacial score (nSPS) is 19.4. The van der Waals surface area contributed by atoms with Crippen LogP contribution in [-0.4, -0.2) is 53.7 Å². The number of hydrogen-bond donors (Lipinski definition) is 0. The summed E-state index contributed by atoms with van der Waals surface area (Å²) in [6.45, 7) is 4.92. The number of aryl methyl sites for hydroxylation is 1. The molecule has 0 unspecified atom stereocenters. The fourth-order valence-corrected chi connectivity index (χ4v) is 5.56. The first kappa shape index (κ1) is 23.9. The number of hydrogen-bond acceptors (Lipinski definition) is 6. The molecule has 0 bridgehead atoms. The van der Waals surface area contributed by atoms with Gasteiger partial charge in [-0.05, 0) is 115 Å². The highest BCUT2D eigenvalue weighted by atomic mass is 16.5. The summed E-state index contributed by atoms with van der Waals surface area (Å²) in [4.78, 5) is 9.68. The predicted molar refractivity (Wildman–Crippen MR) is 142 cm³/mol. The maximum atomic E-state index is 6.18. The third-order valence-electron chi connectivity index (χ3n) is 8.13. The second-order valence-corrected chi connectivity index (χ2v) is 11.6. The minimum absolute atomic E-state index is 0.726. The molecule has 0 N–H and O–H groups in total. The van der Waals surface area contributed by atoms with Gasteiger partial charge in [0.15, 0.2) is 5.58 Å². The zero-order valence-electron chi connectivity index (χ0n) is 21.9. The molecule has 2 aliphatic carbocycles. The molecule has 1 aromatic carbocycles. The molecule has 1 aliphatic heterocycles. The van der Waals surface area contributed by atoms with Gasteiger partial charge in [0, 0.05) is 30.1 Å². The van der Waals surface area contributed by atoms with Gasteiger partial charge in [-0.15, -0.1) is 0 Å². The van der Waals surface area contributed by atoms with Gasteiger partial charge in [0.05, 0.1) is 23.6 Å². The van der Waals surface area contributed by atoms with Crippen molar-refractivity contribution in [2.75, 3.05) is 33.8 Å². The second-order valence-electron chi connectivity index (χ2n) is 11.6. The number of benzene rings is 1. The van der Waals surface area contributed by atoms with Crippen LogP contribution in [0.3, 0.4) is 0 Å². The number of likely N-dealkylation sites (tertiary alicyclic amines) is 1. The van der Waals surface area contributed by atoms with E-state index in [4.69, 9.17) is 14.2 Å². The van der Waals surface area contributed by atoms with Crippen molar-refractivity contribution in [2.45, 2.75) is 70.4 Å². The Kier molecular flexibility index (Phi) is 6.98. The smallest absolute Gasteiger partial charge is 0.175 e. The highest BCUT2D eigenvalue weighted by Gasteiger charge is 2.26. The Labute approximate surface area is 215 Å². The molecule has 6 heteroatoms. The van der Waals surface area contributed by atoms with E-state index in [-0.39, 0.29) is 0 Å². The Morgan fingerprint density at radius 2 is 1.83 bits per heavy atom. The molecule has 3 heterocycles. The zero-order chi connectivity index (χ0) is 24.5. The number of rotatable bonds is 11. The molecule has 6 rings (SSSR count). The highest BCUT2D eigenvalue weighted by Crippen LogP contribution is 2.39. The molecule has 2 aromatic heterocycles. The van der Waals surface area contributed by atoms with Crippen LogP contribution in [0.2, 0.25) is 0 Å². The monoisotopic (exact) mass is 488 g/mol. The minimum Gasteiger partial charge on any atom is -0.493 e. The summed E-state index contributed by atoms with van der Waals surface area (Å²) in [6, 6.07) is 10.9. The molecule has 1 saturated heterocycles. The molecule has 3 aliphatic rings. The van der Waals surface area contributed by atoms with Crippen molar-refractivity contribution in [2.24, 2.45) is 11.8 Å². The van der Waals surface area contributed by atoms with Gasteiger partial charge in [-0.2, -0.15) is 0 Å². The lowest BCUT2D eigenvalue weighted by atomic mass is 9.91. The third-order valence-corrected chi connectivity index (χ3v) is 8.13. The van der Waals surface area contributed by atoms with Crippen molar-refractivity contribution in [1.29, 1.82) is 0 Å². The van der Waals surface area contributed by atoms with Crippen LogP contribution in [0.15, 0.2) is 34.9 Å². The summed E-state index contributed by atoms with van der Waals surface area (Å²) in [6.07, 6.45) is 9.87. The first-order valence-electron chi connectivity index (χ1n) is 14.0. The molecule has 0 spiro atoms. The molecular weight excluding hydrogens is 448 g/mol. The first-order chi connectivity index (χ1) is 17.6. The van der Waals surface area contributed by atoms with Crippen LogP contribution in [0.5, 0.6) is 5.75 Å². The van der Waals surface area contributed by atoms with Gasteiger partial charge in [0.25, 0.3) is 0 Å². The lowest BCUT2D eigenvalue weighted by Gasteiger charge is -2.31. The molecule has 6 nitrogen and oxygen atoms in total. The SMILES string of the molecule is CN(C)Cc1c(OCC2CC2)ccc2c(CCC3CCN(Cc4cccc(C5CC5)n4)CC3)noc12. The largest absolute Gasteiger partial charge is 0.493 e. The number of piperidine rings is 1. The summed E-state index contributed by atoms with van der Waals surface area (Å²) in [5, 5.41) is 5.68. The average Bonchev–Trinajstić information content (AvgIpc) is 3.81. The molecule has 192 valence electrons. The van der Waals surface area contributed by atoms with Crippen LogP contribution in [0.1, 0.15) is 73.5 Å². The van der Waals surface area contributed by atoms with E-state index < -0.39 is 0 Å². The van der Waals surface area contributed by atoms with Gasteiger partial charge in [-0.3, -0.25) is 9.88 Å². The average molecular weight is 489 g/mol. The van der Waals surface area contributed by atoms with E-state index in [0.29, 0.717) is 0 Å². The molecule has 0 amide bonds. The predicted octanol–water partition coefficient (Wildman–Crippen LogP) is 5.80. The molecule has 3 fully saturated rings. The van der Waals surface area contributed by atoms with Gasteiger partial charge in [0.2, 0.25) is 0 Å². The number of fused-ring (bicyclic) bond motifs is 1. The molecule has 36 heavy (non-hydrogen) atoms. The van der Waals surface area contributed by atoms with Crippen molar-refractivity contribution in [3.05, 3.63) is 53.0 Å². The standard InChI is InChI=1S/C30H40N4O2/c1-33(2)19-26-29(35-20-22-6-7-22)13-11-25-28(32-36-30(25)26)12-8-21-14-16-34(17-15-21)18-24-4-3-5-27(31-24)23-9-10-23/h3-5,11,13,21-23H,6-10,12,14-20H2,1-2H3. The van der Waals surface area contributed by atoms with Crippen molar-refractivity contribution in [1.82, 2.24) is 19.9 Å². The number of nitrogens with zero attached hydrogens (tertiary/aromatic N) is 4. The summed E-state index contributed by atoms with van der Waals surface area (Å²) in [5.74, 6) is 3.16. The first-order valence-corrected chi connectivity index (χ1v) is 14.0. The van der Waals surface area contributed by atoms with Gasteiger partial charge < -0.3 is 14.2 Å². The van der Waals surface area contributed by atoms with Crippen LogP contribution in [-0.2, 0) is 19.5 Å². The number of ether oxygens (including phenoxy) is 1. The van der Waals surface area contributed by atoms with Crippen molar-refractivity contribution >= 4 is 11.0 Å². The lowest BCUT2D eigenvalue weighted by molar-refractivity contribution is 0.170. The summed E-state index contributed by atoms with van der Waals surface area (Å²) < 4.78 is 12.1. The van der Waals surface area contributed by atoms with E-state index in [1.807, 2.05) is 0 Å². The lowest BCUT2D eigenvalue weighted by Crippen LogP contribution is -2.33. The topological polar surface area (TPSA) is 54.6 Å². The Morgan fingerprint density at radius 3 is 2.58 bits per heavy atom. The Balaban J connectivity index is 1.04. The van der Waals surface area contributed by atoms with E-state index in [1.165, 1.54) is 56.3 Å². The summed E-state index contributed by atoms with van der Waals surface area (Å²) in [5.41, 5.74) is 5.67. The minimum atomic E-state index is 0.726. The van der Waals surface area contributed by atoms with Gasteiger partial charge >= 0.3 is 0 Å². The van der Waals surface area contributed by atoms with Gasteiger partial charge in [-0.1, -0.05) is 11.2 Å². The van der Waals surface area contributed by atoms with Crippen LogP contribution >= 0.6 is 0 Å². The van der Waals surface area contributed by atoms with E-state index in [9.17, 15) is 0 Å². The maximum Gasteiger partial charge on any atom is 0.175 e. The fourth-order valence-electron chi connectivity index (χ4n) is 5.56. The van der Waals surface area contributed by atoms with Gasteiger partial charge in [0.1, 0.15) is 5.75 Å². The van der Waals surface area contributed by atoms with E-state index in [2.05, 4.69) is 59.4 Å². The van der Waals surface area contributed by atoms with E-state index >= 15 is 0 Å². The van der Waals surface area contributed by atoms with Crippen LogP contribution in [0.4, 0.5) is 0 Å². The Hall–Kier alpha value is -2.44. The van der Waals surface area contributed by atoms with Crippen molar-refractivity contribution in [3.63, 3.8) is 0 Å². The van der Waals surface area contributed by atoms with Crippen LogP contribution < -0.4 is 4.74 Å². The molecule has 0 atom stereocenters. The Morgan fingerprint density at radius 1 is 1.00 bits per heavy atom. The summed E-state index contributed by atoms with van der Waals surface area (Å²) in [7, 11) is 4.18. The maximum absolute atomic E-state index is 6.18.